The Morgan fingerprint density at radius 1 is 1.57 bits per heavy atom. The second-order valence-electron chi connectivity index (χ2n) is 4.62. The Morgan fingerprint density at radius 3 is 2.81 bits per heavy atom. The SMILES string of the molecule is CCC[C@H](C(=O)[O-])N1C(=O)/C(=C\c2ccc(C)o2)SC1=S. The number of amides is 1. The zero-order valence-electron chi connectivity index (χ0n) is 11.6. The summed E-state index contributed by atoms with van der Waals surface area (Å²) in [6, 6.07) is 2.50. The number of nitrogens with zero attached hydrogens (tertiary/aromatic N) is 1. The molecule has 112 valence electrons. The molecule has 0 aliphatic carbocycles. The molecule has 1 aliphatic rings. The van der Waals surface area contributed by atoms with Gasteiger partial charge in [-0.05, 0) is 25.5 Å². The first-order chi connectivity index (χ1) is 9.93. The number of furan rings is 1. The molecule has 2 heterocycles. The maximum atomic E-state index is 12.4. The number of carbonyl (C=O) groups excluding carboxylic acids is 2. The van der Waals surface area contributed by atoms with Crippen LogP contribution >= 0.6 is 24.0 Å². The van der Waals surface area contributed by atoms with Crippen molar-refractivity contribution in [2.45, 2.75) is 32.7 Å². The quantitative estimate of drug-likeness (QED) is 0.606. The van der Waals surface area contributed by atoms with Crippen molar-refractivity contribution >= 4 is 46.3 Å². The molecule has 0 bridgehead atoms. The van der Waals surface area contributed by atoms with Gasteiger partial charge in [0, 0.05) is 6.08 Å². The number of aliphatic carboxylic acids is 1. The summed E-state index contributed by atoms with van der Waals surface area (Å²) in [5, 5.41) is 11.2. The maximum Gasteiger partial charge on any atom is 0.266 e. The van der Waals surface area contributed by atoms with E-state index < -0.39 is 17.9 Å². The third-order valence-electron chi connectivity index (χ3n) is 3.00. The first-order valence-corrected chi connectivity index (χ1v) is 7.71. The van der Waals surface area contributed by atoms with Gasteiger partial charge in [0.05, 0.1) is 16.9 Å². The van der Waals surface area contributed by atoms with Gasteiger partial charge in [0.15, 0.2) is 0 Å². The van der Waals surface area contributed by atoms with E-state index in [0.717, 1.165) is 22.4 Å². The van der Waals surface area contributed by atoms with Crippen LogP contribution in [0.1, 0.15) is 31.3 Å². The maximum absolute atomic E-state index is 12.4. The molecular formula is C14H14NO4S2-. The highest BCUT2D eigenvalue weighted by Gasteiger charge is 2.37. The number of carboxylic acid groups (broad SMARTS) is 1. The molecule has 1 amide bonds. The molecule has 1 aromatic heterocycles. The number of carboxylic acids is 1. The molecule has 0 unspecified atom stereocenters. The summed E-state index contributed by atoms with van der Waals surface area (Å²) in [5.41, 5.74) is 0. The summed E-state index contributed by atoms with van der Waals surface area (Å²) in [6.07, 6.45) is 2.50. The average molecular weight is 324 g/mol. The second-order valence-corrected chi connectivity index (χ2v) is 6.30. The van der Waals surface area contributed by atoms with Crippen molar-refractivity contribution in [1.29, 1.82) is 0 Å². The lowest BCUT2D eigenvalue weighted by Crippen LogP contribution is -2.49. The van der Waals surface area contributed by atoms with E-state index in [4.69, 9.17) is 16.6 Å². The number of rotatable bonds is 5. The highest BCUT2D eigenvalue weighted by Crippen LogP contribution is 2.34. The Bertz CT molecular complexity index is 620. The lowest BCUT2D eigenvalue weighted by molar-refractivity contribution is -0.310. The van der Waals surface area contributed by atoms with Gasteiger partial charge in [-0.1, -0.05) is 37.3 Å². The predicted octanol–water partition coefficient (Wildman–Crippen LogP) is 1.71. The fourth-order valence-corrected chi connectivity index (χ4v) is 3.37. The predicted molar refractivity (Wildman–Crippen MR) is 82.2 cm³/mol. The summed E-state index contributed by atoms with van der Waals surface area (Å²) in [4.78, 5) is 25.1. The second kappa shape index (κ2) is 6.44. The molecule has 7 heteroatoms. The number of thiocarbonyl (C=S) groups is 1. The van der Waals surface area contributed by atoms with Crippen LogP contribution in [0.3, 0.4) is 0 Å². The van der Waals surface area contributed by atoms with Gasteiger partial charge >= 0.3 is 0 Å². The van der Waals surface area contributed by atoms with E-state index in [1.165, 1.54) is 0 Å². The van der Waals surface area contributed by atoms with Crippen LogP contribution in [0.2, 0.25) is 0 Å². The van der Waals surface area contributed by atoms with Crippen molar-refractivity contribution in [3.05, 3.63) is 28.6 Å². The van der Waals surface area contributed by atoms with Gasteiger partial charge in [-0.2, -0.15) is 0 Å². The minimum atomic E-state index is -1.29. The van der Waals surface area contributed by atoms with E-state index in [9.17, 15) is 14.7 Å². The number of aryl methyl sites for hydroxylation is 1. The Morgan fingerprint density at radius 2 is 2.29 bits per heavy atom. The van der Waals surface area contributed by atoms with Gasteiger partial charge < -0.3 is 14.3 Å². The molecule has 0 saturated carbocycles. The smallest absolute Gasteiger partial charge is 0.266 e. The molecule has 2 rings (SSSR count). The molecule has 0 radical (unpaired) electrons. The monoisotopic (exact) mass is 324 g/mol. The summed E-state index contributed by atoms with van der Waals surface area (Å²) in [5.74, 6) is -0.436. The highest BCUT2D eigenvalue weighted by molar-refractivity contribution is 8.26. The van der Waals surface area contributed by atoms with E-state index >= 15 is 0 Å². The normalized spacial score (nSPS) is 18.6. The van der Waals surface area contributed by atoms with E-state index in [-0.39, 0.29) is 4.32 Å². The van der Waals surface area contributed by atoms with Crippen LogP contribution in [0.25, 0.3) is 6.08 Å². The topological polar surface area (TPSA) is 73.6 Å². The van der Waals surface area contributed by atoms with Gasteiger partial charge in [-0.3, -0.25) is 9.69 Å². The van der Waals surface area contributed by atoms with E-state index in [0.29, 0.717) is 23.5 Å². The molecule has 5 nitrogen and oxygen atoms in total. The van der Waals surface area contributed by atoms with Gasteiger partial charge in [-0.15, -0.1) is 0 Å². The first-order valence-electron chi connectivity index (χ1n) is 6.48. The van der Waals surface area contributed by atoms with Crippen LogP contribution in [0.5, 0.6) is 0 Å². The van der Waals surface area contributed by atoms with Crippen LogP contribution in [0.4, 0.5) is 0 Å². The van der Waals surface area contributed by atoms with E-state index in [1.807, 2.05) is 6.92 Å². The summed E-state index contributed by atoms with van der Waals surface area (Å²) < 4.78 is 5.62. The molecule has 0 N–H and O–H groups in total. The molecule has 1 aliphatic heterocycles. The molecule has 1 saturated heterocycles. The van der Waals surface area contributed by atoms with Gasteiger partial charge in [0.1, 0.15) is 15.8 Å². The van der Waals surface area contributed by atoms with Crippen LogP contribution in [0.15, 0.2) is 21.5 Å². The Balaban J connectivity index is 2.27. The van der Waals surface area contributed by atoms with Crippen LogP contribution in [-0.2, 0) is 9.59 Å². The van der Waals surface area contributed by atoms with Crippen molar-refractivity contribution in [1.82, 2.24) is 4.90 Å². The zero-order chi connectivity index (χ0) is 15.6. The van der Waals surface area contributed by atoms with E-state index in [2.05, 4.69) is 0 Å². The van der Waals surface area contributed by atoms with Crippen molar-refractivity contribution in [2.75, 3.05) is 0 Å². The molecule has 21 heavy (non-hydrogen) atoms. The lowest BCUT2D eigenvalue weighted by Gasteiger charge is -2.27. The third-order valence-corrected chi connectivity index (χ3v) is 4.33. The van der Waals surface area contributed by atoms with Crippen molar-refractivity contribution in [2.24, 2.45) is 0 Å². The number of hydrogen-bond acceptors (Lipinski definition) is 6. The highest BCUT2D eigenvalue weighted by atomic mass is 32.2. The largest absolute Gasteiger partial charge is 0.548 e. The molecule has 0 spiro atoms. The fraction of sp³-hybridized carbons (Fsp3) is 0.357. The van der Waals surface area contributed by atoms with Crippen molar-refractivity contribution in [3.63, 3.8) is 0 Å². The first kappa shape index (κ1) is 15.8. The Labute approximate surface area is 132 Å². The Kier molecular flexibility index (Phi) is 4.84. The summed E-state index contributed by atoms with van der Waals surface area (Å²) in [6.45, 7) is 3.64. The minimum absolute atomic E-state index is 0.233. The van der Waals surface area contributed by atoms with Crippen molar-refractivity contribution < 1.29 is 19.1 Å². The number of thioether (sulfide) groups is 1. The summed E-state index contributed by atoms with van der Waals surface area (Å²) >= 11 is 6.21. The van der Waals surface area contributed by atoms with Crippen molar-refractivity contribution in [3.8, 4) is 0 Å². The van der Waals surface area contributed by atoms with Crippen LogP contribution < -0.4 is 5.11 Å². The van der Waals surface area contributed by atoms with E-state index in [1.54, 1.807) is 25.1 Å². The molecule has 1 atom stereocenters. The third kappa shape index (κ3) is 3.36. The Hall–Kier alpha value is -1.60. The van der Waals surface area contributed by atoms with Gasteiger partial charge in [-0.25, -0.2) is 0 Å². The molecule has 1 aromatic rings. The van der Waals surface area contributed by atoms with Gasteiger partial charge in [0.2, 0.25) is 0 Å². The molecule has 0 aromatic carbocycles. The summed E-state index contributed by atoms with van der Waals surface area (Å²) in [7, 11) is 0. The van der Waals surface area contributed by atoms with Gasteiger partial charge in [0.25, 0.3) is 5.91 Å². The van der Waals surface area contributed by atoms with Crippen LogP contribution in [0, 0.1) is 6.92 Å². The van der Waals surface area contributed by atoms with Crippen LogP contribution in [-0.4, -0.2) is 27.1 Å². The number of hydrogen-bond donors (Lipinski definition) is 0. The minimum Gasteiger partial charge on any atom is -0.548 e. The average Bonchev–Trinajstić information content (AvgIpc) is 2.93. The molecular weight excluding hydrogens is 310 g/mol. The zero-order valence-corrected chi connectivity index (χ0v) is 13.3. The lowest BCUT2D eigenvalue weighted by atomic mass is 10.1. The standard InChI is InChI=1S/C14H15NO4S2/c1-3-4-10(13(17)18)15-12(16)11(21-14(15)20)7-9-6-5-8(2)19-9/h5-7,10H,3-4H2,1-2H3,(H,17,18)/p-1/b11-7+/t10-/m1/s1. The number of carbonyl (C=O) groups is 2. The fourth-order valence-electron chi connectivity index (χ4n) is 2.03. The molecule has 1 fully saturated rings.